The Hall–Kier alpha value is -4.19. The Kier molecular flexibility index (Phi) is 8.74. The van der Waals surface area contributed by atoms with Crippen LogP contribution in [0.1, 0.15) is 34.2 Å². The van der Waals surface area contributed by atoms with Gasteiger partial charge in [-0.2, -0.15) is 5.10 Å². The number of benzene rings is 3. The molecule has 1 heterocycles. The van der Waals surface area contributed by atoms with Gasteiger partial charge in [-0.15, -0.1) is 6.58 Å². The Bertz CT molecular complexity index is 1510. The number of allylic oxidation sites excluding steroid dienone is 1. The molecule has 1 N–H and O–H groups in total. The van der Waals surface area contributed by atoms with Gasteiger partial charge in [0.05, 0.1) is 17.7 Å². The molecule has 1 aromatic heterocycles. The van der Waals surface area contributed by atoms with E-state index in [1.165, 1.54) is 30.5 Å². The van der Waals surface area contributed by atoms with E-state index in [1.807, 2.05) is 37.3 Å². The lowest BCUT2D eigenvalue weighted by atomic mass is 10.1. The minimum absolute atomic E-state index is 0.0145. The molecular weight excluding hydrogens is 601 g/mol. The summed E-state index contributed by atoms with van der Waals surface area (Å²) in [5.74, 6) is 0.583. The number of nitrogens with zero attached hydrogens (tertiary/aromatic N) is 2. The van der Waals surface area contributed by atoms with Gasteiger partial charge >= 0.3 is 5.91 Å². The molecule has 0 saturated carbocycles. The molecule has 0 aliphatic heterocycles. The van der Waals surface area contributed by atoms with E-state index >= 15 is 0 Å². The number of nitro groups is 1. The number of ether oxygens (including phenoxy) is 2. The topological polar surface area (TPSA) is 116 Å². The molecule has 0 aliphatic carbocycles. The molecule has 10 heteroatoms. The fourth-order valence-corrected chi connectivity index (χ4v) is 4.06. The second-order valence-corrected chi connectivity index (χ2v) is 9.38. The third kappa shape index (κ3) is 6.57. The SMILES string of the molecule is C=CCc1cc(/C=N\NC(=O)c2cc3cc([N+](=O)[O-])ccc3o2)cc(OCC)c1OCc1ccc(I)cc1. The van der Waals surface area contributed by atoms with Gasteiger partial charge in [0.2, 0.25) is 0 Å². The number of fused-ring (bicyclic) bond motifs is 1. The van der Waals surface area contributed by atoms with Crippen LogP contribution < -0.4 is 14.9 Å². The number of hydrogen-bond donors (Lipinski definition) is 1. The molecular formula is C28H24IN3O6. The van der Waals surface area contributed by atoms with Crippen LogP contribution in [0.5, 0.6) is 11.5 Å². The standard InChI is InChI=1S/C28H24IN3O6/c1-3-5-20-12-19(13-25(36-4-2)27(20)37-17-18-6-8-22(29)9-7-18)16-30-31-28(33)26-15-21-14-23(32(34)35)10-11-24(21)38-26/h3,6-16H,1,4-5,17H2,2H3,(H,31,33)/b30-16-. The van der Waals surface area contributed by atoms with Crippen molar-refractivity contribution in [2.24, 2.45) is 5.10 Å². The number of amides is 1. The van der Waals surface area contributed by atoms with Crippen molar-refractivity contribution in [1.82, 2.24) is 5.43 Å². The summed E-state index contributed by atoms with van der Waals surface area (Å²) in [5, 5.41) is 15.5. The average molecular weight is 625 g/mol. The lowest BCUT2D eigenvalue weighted by Gasteiger charge is -2.17. The quantitative estimate of drug-likeness (QED) is 0.0677. The number of carbonyl (C=O) groups is 1. The summed E-state index contributed by atoms with van der Waals surface area (Å²) in [4.78, 5) is 23.0. The second kappa shape index (κ2) is 12.4. The largest absolute Gasteiger partial charge is 0.490 e. The molecule has 3 aromatic carbocycles. The number of nitro benzene ring substituents is 1. The van der Waals surface area contributed by atoms with E-state index in [0.29, 0.717) is 47.7 Å². The van der Waals surface area contributed by atoms with Gasteiger partial charge in [-0.3, -0.25) is 14.9 Å². The van der Waals surface area contributed by atoms with Crippen molar-refractivity contribution in [2.75, 3.05) is 6.61 Å². The summed E-state index contributed by atoms with van der Waals surface area (Å²) in [7, 11) is 0. The molecule has 194 valence electrons. The Balaban J connectivity index is 1.51. The zero-order chi connectivity index (χ0) is 27.1. The lowest BCUT2D eigenvalue weighted by Crippen LogP contribution is -2.16. The van der Waals surface area contributed by atoms with E-state index < -0.39 is 10.8 Å². The van der Waals surface area contributed by atoms with Gasteiger partial charge < -0.3 is 13.9 Å². The van der Waals surface area contributed by atoms with Gasteiger partial charge in [-0.25, -0.2) is 5.43 Å². The molecule has 0 spiro atoms. The summed E-state index contributed by atoms with van der Waals surface area (Å²) >= 11 is 2.26. The molecule has 0 aliphatic rings. The van der Waals surface area contributed by atoms with Crippen LogP contribution in [-0.2, 0) is 13.0 Å². The van der Waals surface area contributed by atoms with Crippen molar-refractivity contribution < 1.29 is 23.6 Å². The molecule has 0 saturated heterocycles. The normalized spacial score (nSPS) is 11.0. The van der Waals surface area contributed by atoms with Crippen molar-refractivity contribution in [1.29, 1.82) is 0 Å². The van der Waals surface area contributed by atoms with Gasteiger partial charge in [0, 0.05) is 26.7 Å². The highest BCUT2D eigenvalue weighted by Gasteiger charge is 2.16. The fourth-order valence-electron chi connectivity index (χ4n) is 3.70. The molecule has 0 radical (unpaired) electrons. The van der Waals surface area contributed by atoms with Crippen LogP contribution in [0.15, 0.2) is 82.8 Å². The van der Waals surface area contributed by atoms with Crippen molar-refractivity contribution in [3.05, 3.63) is 109 Å². The molecule has 4 aromatic rings. The lowest BCUT2D eigenvalue weighted by molar-refractivity contribution is -0.384. The van der Waals surface area contributed by atoms with Crippen LogP contribution in [0.25, 0.3) is 11.0 Å². The Morgan fingerprint density at radius 2 is 1.95 bits per heavy atom. The van der Waals surface area contributed by atoms with E-state index in [9.17, 15) is 14.9 Å². The maximum Gasteiger partial charge on any atom is 0.307 e. The number of furan rings is 1. The third-order valence-electron chi connectivity index (χ3n) is 5.43. The number of rotatable bonds is 11. The number of halogens is 1. The summed E-state index contributed by atoms with van der Waals surface area (Å²) < 4.78 is 18.7. The third-order valence-corrected chi connectivity index (χ3v) is 6.15. The minimum Gasteiger partial charge on any atom is -0.490 e. The van der Waals surface area contributed by atoms with E-state index in [0.717, 1.165) is 14.7 Å². The highest BCUT2D eigenvalue weighted by molar-refractivity contribution is 14.1. The first kappa shape index (κ1) is 26.9. The number of nitrogens with one attached hydrogen (secondary N) is 1. The summed E-state index contributed by atoms with van der Waals surface area (Å²) in [6.45, 7) is 6.55. The van der Waals surface area contributed by atoms with Crippen molar-refractivity contribution >= 4 is 51.4 Å². The summed E-state index contributed by atoms with van der Waals surface area (Å²) in [6.07, 6.45) is 3.81. The first-order valence-electron chi connectivity index (χ1n) is 11.7. The molecule has 9 nitrogen and oxygen atoms in total. The highest BCUT2D eigenvalue weighted by atomic mass is 127. The van der Waals surface area contributed by atoms with Crippen molar-refractivity contribution in [3.63, 3.8) is 0 Å². The molecule has 0 atom stereocenters. The average Bonchev–Trinajstić information content (AvgIpc) is 3.33. The van der Waals surface area contributed by atoms with Gasteiger partial charge in [-0.05, 0) is 83.5 Å². The van der Waals surface area contributed by atoms with Crippen molar-refractivity contribution in [2.45, 2.75) is 20.0 Å². The molecule has 4 rings (SSSR count). The van der Waals surface area contributed by atoms with Crippen LogP contribution >= 0.6 is 22.6 Å². The second-order valence-electron chi connectivity index (χ2n) is 8.14. The van der Waals surface area contributed by atoms with Crippen LogP contribution in [0.2, 0.25) is 0 Å². The number of hydrazone groups is 1. The molecule has 0 bridgehead atoms. The number of carbonyl (C=O) groups excluding carboxylic acids is 1. The first-order valence-corrected chi connectivity index (χ1v) is 12.7. The molecule has 38 heavy (non-hydrogen) atoms. The van der Waals surface area contributed by atoms with Crippen LogP contribution in [0, 0.1) is 13.7 Å². The molecule has 0 fully saturated rings. The summed E-state index contributed by atoms with van der Waals surface area (Å²) in [5.41, 5.74) is 5.28. The zero-order valence-corrected chi connectivity index (χ0v) is 22.6. The smallest absolute Gasteiger partial charge is 0.307 e. The van der Waals surface area contributed by atoms with E-state index in [2.05, 4.69) is 39.7 Å². The van der Waals surface area contributed by atoms with Crippen LogP contribution in [-0.4, -0.2) is 23.7 Å². The molecule has 0 unspecified atom stereocenters. The predicted molar refractivity (Wildman–Crippen MR) is 153 cm³/mol. The number of non-ortho nitro benzene ring substituents is 1. The van der Waals surface area contributed by atoms with Gasteiger partial charge in [0.1, 0.15) is 12.2 Å². The van der Waals surface area contributed by atoms with E-state index in [4.69, 9.17) is 13.9 Å². The zero-order valence-electron chi connectivity index (χ0n) is 20.5. The van der Waals surface area contributed by atoms with Gasteiger partial charge in [0.15, 0.2) is 17.3 Å². The Morgan fingerprint density at radius 1 is 1.16 bits per heavy atom. The molecule has 1 amide bonds. The number of hydrogen-bond acceptors (Lipinski definition) is 7. The van der Waals surface area contributed by atoms with Crippen LogP contribution in [0.3, 0.4) is 0 Å². The van der Waals surface area contributed by atoms with Gasteiger partial charge in [0.25, 0.3) is 5.69 Å². The van der Waals surface area contributed by atoms with Crippen molar-refractivity contribution in [3.8, 4) is 11.5 Å². The maximum absolute atomic E-state index is 12.5. The van der Waals surface area contributed by atoms with E-state index in [-0.39, 0.29) is 11.4 Å². The summed E-state index contributed by atoms with van der Waals surface area (Å²) in [6, 6.07) is 17.3. The Labute approximate surface area is 232 Å². The maximum atomic E-state index is 12.5. The Morgan fingerprint density at radius 3 is 2.66 bits per heavy atom. The fraction of sp³-hybridized carbons (Fsp3) is 0.143. The monoisotopic (exact) mass is 625 g/mol. The highest BCUT2D eigenvalue weighted by Crippen LogP contribution is 2.34. The minimum atomic E-state index is -0.589. The predicted octanol–water partition coefficient (Wildman–Crippen LogP) is 6.42. The van der Waals surface area contributed by atoms with Gasteiger partial charge in [-0.1, -0.05) is 18.2 Å². The van der Waals surface area contributed by atoms with Crippen LogP contribution in [0.4, 0.5) is 5.69 Å². The first-order chi connectivity index (χ1) is 18.4. The van der Waals surface area contributed by atoms with E-state index in [1.54, 1.807) is 12.1 Å².